The standard InChI is InChI=1S/C18H22BrNS/c1-2-10-20-17(11-14-8-9-18(19)21-14)16-12-15(16)13-6-4-3-5-7-13/h3-9,15-17,20H,2,10-12H2,1H3. The van der Waals surface area contributed by atoms with E-state index in [1.165, 1.54) is 27.1 Å². The molecule has 1 nitrogen and oxygen atoms in total. The zero-order valence-electron chi connectivity index (χ0n) is 12.4. The summed E-state index contributed by atoms with van der Waals surface area (Å²) in [5, 5.41) is 3.78. The summed E-state index contributed by atoms with van der Waals surface area (Å²) in [5.41, 5.74) is 1.51. The lowest BCUT2D eigenvalue weighted by Crippen LogP contribution is -2.34. The Morgan fingerprint density at radius 3 is 2.71 bits per heavy atom. The van der Waals surface area contributed by atoms with Crippen molar-refractivity contribution in [2.45, 2.75) is 38.1 Å². The van der Waals surface area contributed by atoms with E-state index in [0.717, 1.165) is 24.8 Å². The Bertz CT molecular complexity index is 566. The molecule has 112 valence electrons. The maximum atomic E-state index is 3.78. The predicted octanol–water partition coefficient (Wildman–Crippen LogP) is 5.23. The predicted molar refractivity (Wildman–Crippen MR) is 95.1 cm³/mol. The van der Waals surface area contributed by atoms with Gasteiger partial charge in [0.2, 0.25) is 0 Å². The van der Waals surface area contributed by atoms with Crippen molar-refractivity contribution in [3.05, 3.63) is 56.7 Å². The van der Waals surface area contributed by atoms with Gasteiger partial charge in [-0.1, -0.05) is 37.3 Å². The molecular weight excluding hydrogens is 342 g/mol. The van der Waals surface area contributed by atoms with Crippen molar-refractivity contribution in [1.29, 1.82) is 0 Å². The molecule has 1 aliphatic carbocycles. The quantitative estimate of drug-likeness (QED) is 0.710. The zero-order chi connectivity index (χ0) is 14.7. The van der Waals surface area contributed by atoms with Gasteiger partial charge in [-0.2, -0.15) is 0 Å². The number of thiophene rings is 1. The van der Waals surface area contributed by atoms with Gasteiger partial charge >= 0.3 is 0 Å². The molecule has 1 fully saturated rings. The number of rotatable bonds is 7. The molecule has 3 atom stereocenters. The second kappa shape index (κ2) is 7.08. The third kappa shape index (κ3) is 3.97. The lowest BCUT2D eigenvalue weighted by atomic mass is 10.0. The first kappa shape index (κ1) is 15.3. The minimum absolute atomic E-state index is 0.612. The Morgan fingerprint density at radius 1 is 1.24 bits per heavy atom. The van der Waals surface area contributed by atoms with E-state index in [9.17, 15) is 0 Å². The van der Waals surface area contributed by atoms with E-state index in [2.05, 4.69) is 70.6 Å². The molecule has 1 aromatic carbocycles. The summed E-state index contributed by atoms with van der Waals surface area (Å²) in [6.07, 6.45) is 3.69. The van der Waals surface area contributed by atoms with Crippen LogP contribution < -0.4 is 5.32 Å². The second-order valence-corrected chi connectivity index (χ2v) is 8.43. The summed E-state index contributed by atoms with van der Waals surface area (Å²) in [5.74, 6) is 1.55. The molecule has 3 heteroatoms. The first-order valence-electron chi connectivity index (χ1n) is 7.80. The smallest absolute Gasteiger partial charge is 0.0701 e. The number of hydrogen-bond acceptors (Lipinski definition) is 2. The first-order chi connectivity index (χ1) is 10.3. The molecule has 0 spiro atoms. The van der Waals surface area contributed by atoms with Gasteiger partial charge < -0.3 is 5.32 Å². The Labute approximate surface area is 139 Å². The van der Waals surface area contributed by atoms with Gasteiger partial charge in [0.15, 0.2) is 0 Å². The van der Waals surface area contributed by atoms with Gasteiger partial charge in [0.25, 0.3) is 0 Å². The van der Waals surface area contributed by atoms with E-state index in [1.54, 1.807) is 0 Å². The molecule has 1 N–H and O–H groups in total. The average molecular weight is 364 g/mol. The van der Waals surface area contributed by atoms with E-state index in [0.29, 0.717) is 6.04 Å². The first-order valence-corrected chi connectivity index (χ1v) is 9.41. The Kier molecular flexibility index (Phi) is 5.15. The molecule has 2 aromatic rings. The Morgan fingerprint density at radius 2 is 2.05 bits per heavy atom. The Balaban J connectivity index is 1.66. The molecule has 3 rings (SSSR count). The summed E-state index contributed by atoms with van der Waals surface area (Å²) in [6.45, 7) is 3.36. The number of benzene rings is 1. The maximum Gasteiger partial charge on any atom is 0.0701 e. The molecule has 0 bridgehead atoms. The highest BCUT2D eigenvalue weighted by molar-refractivity contribution is 9.11. The van der Waals surface area contributed by atoms with Gasteiger partial charge in [-0.3, -0.25) is 0 Å². The normalized spacial score (nSPS) is 22.2. The fourth-order valence-corrected chi connectivity index (χ4v) is 4.67. The monoisotopic (exact) mass is 363 g/mol. The highest BCUT2D eigenvalue weighted by atomic mass is 79.9. The van der Waals surface area contributed by atoms with Crippen LogP contribution >= 0.6 is 27.3 Å². The van der Waals surface area contributed by atoms with E-state index < -0.39 is 0 Å². The van der Waals surface area contributed by atoms with Crippen molar-refractivity contribution < 1.29 is 0 Å². The molecule has 1 aliphatic rings. The average Bonchev–Trinajstić information content (AvgIpc) is 3.21. The summed E-state index contributed by atoms with van der Waals surface area (Å²) in [6, 6.07) is 16.0. The summed E-state index contributed by atoms with van der Waals surface area (Å²) in [4.78, 5) is 1.48. The fourth-order valence-electron chi connectivity index (χ4n) is 3.13. The summed E-state index contributed by atoms with van der Waals surface area (Å²) in [7, 11) is 0. The van der Waals surface area contributed by atoms with Gasteiger partial charge in [-0.15, -0.1) is 11.3 Å². The maximum absolute atomic E-state index is 3.78. The van der Waals surface area contributed by atoms with Crippen molar-refractivity contribution in [3.8, 4) is 0 Å². The summed E-state index contributed by atoms with van der Waals surface area (Å²) >= 11 is 5.44. The highest BCUT2D eigenvalue weighted by Gasteiger charge is 2.43. The van der Waals surface area contributed by atoms with Gasteiger partial charge in [-0.25, -0.2) is 0 Å². The number of halogens is 1. The number of nitrogens with one attached hydrogen (secondary N) is 1. The molecule has 0 saturated heterocycles. The second-order valence-electron chi connectivity index (χ2n) is 5.89. The van der Waals surface area contributed by atoms with Gasteiger partial charge in [0.1, 0.15) is 0 Å². The van der Waals surface area contributed by atoms with Crippen LogP contribution in [0.3, 0.4) is 0 Å². The van der Waals surface area contributed by atoms with Crippen LogP contribution in [0.25, 0.3) is 0 Å². The van der Waals surface area contributed by atoms with Crippen molar-refractivity contribution in [2.24, 2.45) is 5.92 Å². The Hall–Kier alpha value is -0.640. The van der Waals surface area contributed by atoms with Gasteiger partial charge in [-0.05, 0) is 71.3 Å². The molecular formula is C18H22BrNS. The van der Waals surface area contributed by atoms with Crippen LogP contribution in [0.5, 0.6) is 0 Å². The molecule has 1 saturated carbocycles. The van der Waals surface area contributed by atoms with E-state index in [-0.39, 0.29) is 0 Å². The number of hydrogen-bond donors (Lipinski definition) is 1. The molecule has 1 aromatic heterocycles. The van der Waals surface area contributed by atoms with Crippen LogP contribution in [0.4, 0.5) is 0 Å². The third-order valence-electron chi connectivity index (χ3n) is 4.29. The molecule has 0 aliphatic heterocycles. The lowest BCUT2D eigenvalue weighted by molar-refractivity contribution is 0.455. The van der Waals surface area contributed by atoms with Gasteiger partial charge in [0.05, 0.1) is 3.79 Å². The van der Waals surface area contributed by atoms with Crippen LogP contribution in [0, 0.1) is 5.92 Å². The third-order valence-corrected chi connectivity index (χ3v) is 5.94. The van der Waals surface area contributed by atoms with Crippen LogP contribution in [0.1, 0.15) is 36.1 Å². The van der Waals surface area contributed by atoms with E-state index in [1.807, 2.05) is 11.3 Å². The molecule has 21 heavy (non-hydrogen) atoms. The summed E-state index contributed by atoms with van der Waals surface area (Å²) < 4.78 is 1.24. The lowest BCUT2D eigenvalue weighted by Gasteiger charge is -2.18. The van der Waals surface area contributed by atoms with Crippen LogP contribution in [-0.2, 0) is 6.42 Å². The molecule has 1 heterocycles. The van der Waals surface area contributed by atoms with Crippen LogP contribution in [0.2, 0.25) is 0 Å². The molecule has 0 amide bonds. The van der Waals surface area contributed by atoms with Gasteiger partial charge in [0, 0.05) is 10.9 Å². The van der Waals surface area contributed by atoms with Crippen molar-refractivity contribution in [3.63, 3.8) is 0 Å². The minimum atomic E-state index is 0.612. The molecule has 0 radical (unpaired) electrons. The van der Waals surface area contributed by atoms with E-state index in [4.69, 9.17) is 0 Å². The largest absolute Gasteiger partial charge is 0.313 e. The highest BCUT2D eigenvalue weighted by Crippen LogP contribution is 2.50. The van der Waals surface area contributed by atoms with Crippen molar-refractivity contribution >= 4 is 27.3 Å². The van der Waals surface area contributed by atoms with E-state index >= 15 is 0 Å². The topological polar surface area (TPSA) is 12.0 Å². The van der Waals surface area contributed by atoms with Crippen molar-refractivity contribution in [2.75, 3.05) is 6.54 Å². The van der Waals surface area contributed by atoms with Crippen LogP contribution in [0.15, 0.2) is 46.3 Å². The fraction of sp³-hybridized carbons (Fsp3) is 0.444. The molecule has 3 unspecified atom stereocenters. The SMILES string of the molecule is CCCNC(Cc1ccc(Br)s1)C1CC1c1ccccc1. The van der Waals surface area contributed by atoms with Crippen LogP contribution in [-0.4, -0.2) is 12.6 Å². The van der Waals surface area contributed by atoms with Crippen molar-refractivity contribution in [1.82, 2.24) is 5.32 Å². The minimum Gasteiger partial charge on any atom is -0.313 e. The zero-order valence-corrected chi connectivity index (χ0v) is 14.8.